The Morgan fingerprint density at radius 1 is 1.03 bits per heavy atom. The second kappa shape index (κ2) is 9.89. The average molecular weight is 527 g/mol. The highest BCUT2D eigenvalue weighted by Crippen LogP contribution is 2.27. The number of aromatic nitrogens is 4. The van der Waals surface area contributed by atoms with Crippen molar-refractivity contribution in [1.82, 2.24) is 19.1 Å². The van der Waals surface area contributed by atoms with Gasteiger partial charge in [0.25, 0.3) is 11.1 Å². The van der Waals surface area contributed by atoms with E-state index in [-0.39, 0.29) is 34.0 Å². The summed E-state index contributed by atoms with van der Waals surface area (Å²) < 4.78 is 35.4. The van der Waals surface area contributed by atoms with Crippen LogP contribution in [0.2, 0.25) is 5.02 Å². The first kappa shape index (κ1) is 26.2. The lowest BCUT2D eigenvalue weighted by molar-refractivity contribution is 0.292. The van der Waals surface area contributed by atoms with Crippen LogP contribution in [-0.4, -0.2) is 19.1 Å². The highest BCUT2D eigenvalue weighted by molar-refractivity contribution is 6.31. The fourth-order valence-corrected chi connectivity index (χ4v) is 3.96. The zero-order valence-corrected chi connectivity index (χ0v) is 21.7. The maximum absolute atomic E-state index is 13.9. The molecule has 0 unspecified atom stereocenters. The minimum absolute atomic E-state index is 0.0342. The Labute approximate surface area is 217 Å². The van der Waals surface area contributed by atoms with E-state index in [4.69, 9.17) is 16.3 Å². The molecule has 0 fully saturated rings. The van der Waals surface area contributed by atoms with Gasteiger partial charge in [0.1, 0.15) is 34.7 Å². The lowest BCUT2D eigenvalue weighted by Crippen LogP contribution is -2.25. The summed E-state index contributed by atoms with van der Waals surface area (Å²) in [6.07, 6.45) is 4.19. The molecule has 0 N–H and O–H groups in total. The molecule has 0 saturated carbocycles. The van der Waals surface area contributed by atoms with Crippen LogP contribution in [0, 0.1) is 25.5 Å². The van der Waals surface area contributed by atoms with Gasteiger partial charge >= 0.3 is 0 Å². The van der Waals surface area contributed by atoms with Crippen molar-refractivity contribution in [2.24, 2.45) is 0 Å². The predicted molar refractivity (Wildman–Crippen MR) is 137 cm³/mol. The van der Waals surface area contributed by atoms with Gasteiger partial charge in [-0.25, -0.2) is 13.8 Å². The molecule has 0 aliphatic carbocycles. The second-order valence-corrected chi connectivity index (χ2v) is 10.1. The molecule has 7 nitrogen and oxygen atoms in total. The molecule has 0 amide bonds. The van der Waals surface area contributed by atoms with E-state index < -0.39 is 17.2 Å². The van der Waals surface area contributed by atoms with Gasteiger partial charge in [-0.15, -0.1) is 0 Å². The Morgan fingerprint density at radius 2 is 1.76 bits per heavy atom. The van der Waals surface area contributed by atoms with E-state index >= 15 is 0 Å². The molecule has 0 bridgehead atoms. The molecule has 4 rings (SSSR count). The van der Waals surface area contributed by atoms with E-state index in [0.717, 1.165) is 11.8 Å². The number of hydrogen-bond donors (Lipinski definition) is 0. The molecule has 192 valence electrons. The number of aryl methyl sites for hydroxylation is 2. The van der Waals surface area contributed by atoms with Crippen LogP contribution in [0.1, 0.15) is 43.3 Å². The van der Waals surface area contributed by atoms with E-state index in [9.17, 15) is 18.4 Å². The molecule has 0 aliphatic rings. The Bertz CT molecular complexity index is 1620. The van der Waals surface area contributed by atoms with Crippen LogP contribution < -0.4 is 15.9 Å². The summed E-state index contributed by atoms with van der Waals surface area (Å²) in [5.41, 5.74) is 1.44. The second-order valence-electron chi connectivity index (χ2n) is 9.68. The van der Waals surface area contributed by atoms with Crippen molar-refractivity contribution in [1.29, 1.82) is 0 Å². The first-order valence-electron chi connectivity index (χ1n) is 11.4. The lowest BCUT2D eigenvalue weighted by atomic mass is 9.88. The van der Waals surface area contributed by atoms with Crippen LogP contribution in [0.3, 0.4) is 0 Å². The van der Waals surface area contributed by atoms with Crippen molar-refractivity contribution in [3.63, 3.8) is 0 Å². The van der Waals surface area contributed by atoms with Crippen molar-refractivity contribution in [2.75, 3.05) is 0 Å². The largest absolute Gasteiger partial charge is 0.485 e. The monoisotopic (exact) mass is 526 g/mol. The zero-order chi connectivity index (χ0) is 27.1. The maximum Gasteiger partial charge on any atom is 0.277 e. The molecule has 4 aromatic rings. The van der Waals surface area contributed by atoms with Crippen LogP contribution in [0.5, 0.6) is 5.75 Å². The van der Waals surface area contributed by atoms with Crippen LogP contribution >= 0.6 is 11.6 Å². The Kier molecular flexibility index (Phi) is 7.01. The number of ether oxygens (including phenoxy) is 1. The third-order valence-electron chi connectivity index (χ3n) is 5.87. The first-order chi connectivity index (χ1) is 17.4. The van der Waals surface area contributed by atoms with E-state index in [2.05, 4.69) is 9.97 Å². The Hall–Kier alpha value is -3.85. The molecule has 4 aromatic heterocycles. The van der Waals surface area contributed by atoms with Crippen molar-refractivity contribution >= 4 is 11.6 Å². The van der Waals surface area contributed by atoms with Gasteiger partial charge in [0.2, 0.25) is 0 Å². The zero-order valence-electron chi connectivity index (χ0n) is 21.0. The number of rotatable bonds is 5. The fraction of sp³-hybridized carbons (Fsp3) is 0.259. The van der Waals surface area contributed by atoms with Gasteiger partial charge < -0.3 is 4.74 Å². The van der Waals surface area contributed by atoms with Gasteiger partial charge in [-0.05, 0) is 30.4 Å². The van der Waals surface area contributed by atoms with Gasteiger partial charge in [-0.2, -0.15) is 0 Å². The number of halogens is 3. The number of nitrogens with zero attached hydrogens (tertiary/aromatic N) is 4. The van der Waals surface area contributed by atoms with Crippen molar-refractivity contribution in [2.45, 2.75) is 46.6 Å². The minimum atomic E-state index is -0.869. The number of hydrogen-bond acceptors (Lipinski definition) is 5. The van der Waals surface area contributed by atoms with Crippen molar-refractivity contribution < 1.29 is 13.5 Å². The molecule has 4 heterocycles. The molecule has 0 aliphatic heterocycles. The summed E-state index contributed by atoms with van der Waals surface area (Å²) in [5, 5.41) is -0.224. The molecule has 0 spiro atoms. The van der Waals surface area contributed by atoms with Crippen LogP contribution in [0.4, 0.5) is 8.78 Å². The van der Waals surface area contributed by atoms with E-state index in [1.807, 2.05) is 20.8 Å². The summed E-state index contributed by atoms with van der Waals surface area (Å²) in [6.45, 7) is 9.25. The highest BCUT2D eigenvalue weighted by Gasteiger charge is 2.19. The Balaban J connectivity index is 1.75. The summed E-state index contributed by atoms with van der Waals surface area (Å²) in [4.78, 5) is 34.1. The van der Waals surface area contributed by atoms with Crippen molar-refractivity contribution in [3.8, 4) is 17.3 Å². The normalized spacial score (nSPS) is 11.6. The summed E-state index contributed by atoms with van der Waals surface area (Å²) in [7, 11) is 0. The van der Waals surface area contributed by atoms with Gasteiger partial charge in [0.15, 0.2) is 5.82 Å². The standard InChI is InChI=1S/C27H25ClF2N4O3/c1-15-11-32-23(33-13-17(27(3,4)5)6-7-24(33)35)10-21(15)34-16(2)8-22(25(28)26(34)36)37-14-20-19(30)9-18(29)12-31-20/h6-13H,14H2,1-5H3. The minimum Gasteiger partial charge on any atom is -0.485 e. The van der Waals surface area contributed by atoms with Crippen LogP contribution in [0.15, 0.2) is 58.5 Å². The first-order valence-corrected chi connectivity index (χ1v) is 11.8. The summed E-state index contributed by atoms with van der Waals surface area (Å²) in [6, 6.07) is 7.15. The molecule has 0 aromatic carbocycles. The average Bonchev–Trinajstić information content (AvgIpc) is 2.82. The molecule has 0 saturated heterocycles. The summed E-state index contributed by atoms with van der Waals surface area (Å²) in [5.74, 6) is -1.30. The molecule has 10 heteroatoms. The quantitative estimate of drug-likeness (QED) is 0.357. The molecular formula is C27H25ClF2N4O3. The van der Waals surface area contributed by atoms with E-state index in [1.54, 1.807) is 38.4 Å². The fourth-order valence-electron chi connectivity index (χ4n) is 3.77. The maximum atomic E-state index is 13.9. The third-order valence-corrected chi connectivity index (χ3v) is 6.22. The summed E-state index contributed by atoms with van der Waals surface area (Å²) >= 11 is 6.35. The van der Waals surface area contributed by atoms with E-state index in [1.165, 1.54) is 21.3 Å². The SMILES string of the molecule is Cc1cnc(-n2cc(C(C)(C)C)ccc2=O)cc1-n1c(C)cc(OCc2ncc(F)cc2F)c(Cl)c1=O. The van der Waals surface area contributed by atoms with Crippen molar-refractivity contribution in [3.05, 3.63) is 109 Å². The predicted octanol–water partition coefficient (Wildman–Crippen LogP) is 5.20. The van der Waals surface area contributed by atoms with Crippen LogP contribution in [-0.2, 0) is 12.0 Å². The third kappa shape index (κ3) is 5.32. The smallest absolute Gasteiger partial charge is 0.277 e. The Morgan fingerprint density at radius 3 is 2.43 bits per heavy atom. The topological polar surface area (TPSA) is 79.0 Å². The van der Waals surface area contributed by atoms with Crippen LogP contribution in [0.25, 0.3) is 11.5 Å². The molecule has 0 radical (unpaired) electrons. The van der Waals surface area contributed by atoms with Gasteiger partial charge in [-0.3, -0.25) is 23.7 Å². The lowest BCUT2D eigenvalue weighted by Gasteiger charge is -2.20. The van der Waals surface area contributed by atoms with Gasteiger partial charge in [-0.1, -0.05) is 38.4 Å². The molecule has 0 atom stereocenters. The molecule has 37 heavy (non-hydrogen) atoms. The van der Waals surface area contributed by atoms with Gasteiger partial charge in [0, 0.05) is 42.4 Å². The van der Waals surface area contributed by atoms with Gasteiger partial charge in [0.05, 0.1) is 11.9 Å². The van der Waals surface area contributed by atoms with E-state index in [0.29, 0.717) is 28.8 Å². The molecular weight excluding hydrogens is 502 g/mol. The highest BCUT2D eigenvalue weighted by atomic mass is 35.5. The number of pyridine rings is 4.